The summed E-state index contributed by atoms with van der Waals surface area (Å²) in [6, 6.07) is 8.91. The van der Waals surface area contributed by atoms with Gasteiger partial charge in [-0.25, -0.2) is 9.37 Å². The third-order valence-corrected chi connectivity index (χ3v) is 5.01. The van der Waals surface area contributed by atoms with Crippen molar-refractivity contribution in [3.8, 4) is 0 Å². The first-order valence-corrected chi connectivity index (χ1v) is 8.40. The normalized spacial score (nSPS) is 13.8. The number of rotatable bonds is 3. The first-order valence-electron chi connectivity index (χ1n) is 7.32. The van der Waals surface area contributed by atoms with Crippen molar-refractivity contribution in [3.63, 3.8) is 0 Å². The number of carbonyl (C=O) groups excluding carboxylic acids is 1. The molecule has 4 rings (SSSR count). The summed E-state index contributed by atoms with van der Waals surface area (Å²) in [6.07, 6.45) is 4.56. The Kier molecular flexibility index (Phi) is 3.56. The molecule has 0 bridgehead atoms. The van der Waals surface area contributed by atoms with Crippen molar-refractivity contribution in [1.82, 2.24) is 14.3 Å². The number of hydrogen-bond acceptors (Lipinski definition) is 2. The molecule has 4 nitrogen and oxygen atoms in total. The Balaban J connectivity index is 1.53. The third kappa shape index (κ3) is 2.50. The van der Waals surface area contributed by atoms with Gasteiger partial charge >= 0.3 is 0 Å². The van der Waals surface area contributed by atoms with Gasteiger partial charge in [-0.3, -0.25) is 4.79 Å². The zero-order valence-corrected chi connectivity index (χ0v) is 14.3. The Morgan fingerprint density at radius 1 is 1.26 bits per heavy atom. The van der Waals surface area contributed by atoms with Crippen LogP contribution in [0.4, 0.5) is 4.39 Å². The number of halogens is 2. The number of hydrogen-bond donors (Lipinski definition) is 0. The van der Waals surface area contributed by atoms with E-state index in [0.717, 1.165) is 14.9 Å². The molecule has 1 aromatic carbocycles. The van der Waals surface area contributed by atoms with E-state index in [-0.39, 0.29) is 11.7 Å². The van der Waals surface area contributed by atoms with Gasteiger partial charge in [0.15, 0.2) is 0 Å². The largest absolute Gasteiger partial charge is 0.334 e. The van der Waals surface area contributed by atoms with Crippen LogP contribution >= 0.6 is 22.6 Å². The Hall–Kier alpha value is -1.96. The second-order valence-electron chi connectivity index (χ2n) is 5.56. The number of carbonyl (C=O) groups is 1. The van der Waals surface area contributed by atoms with Crippen LogP contribution in [0.3, 0.4) is 0 Å². The lowest BCUT2D eigenvalue weighted by Crippen LogP contribution is -2.26. The highest BCUT2D eigenvalue weighted by molar-refractivity contribution is 14.1. The van der Waals surface area contributed by atoms with Crippen molar-refractivity contribution < 1.29 is 9.18 Å². The van der Waals surface area contributed by atoms with Gasteiger partial charge in [-0.2, -0.15) is 0 Å². The van der Waals surface area contributed by atoms with Crippen LogP contribution in [0.5, 0.6) is 0 Å². The second-order valence-corrected chi connectivity index (χ2v) is 6.72. The number of pyridine rings is 1. The highest BCUT2D eigenvalue weighted by Crippen LogP contribution is 2.29. The quantitative estimate of drug-likeness (QED) is 0.609. The van der Waals surface area contributed by atoms with E-state index in [2.05, 4.69) is 27.6 Å². The van der Waals surface area contributed by atoms with Gasteiger partial charge in [0.05, 0.1) is 11.3 Å². The molecule has 6 heteroatoms. The first-order chi connectivity index (χ1) is 11.1. The van der Waals surface area contributed by atoms with Crippen LogP contribution in [0.1, 0.15) is 21.6 Å². The molecular weight excluding hydrogens is 408 g/mol. The minimum atomic E-state index is -0.302. The van der Waals surface area contributed by atoms with E-state index in [1.807, 2.05) is 35.0 Å². The molecule has 116 valence electrons. The van der Waals surface area contributed by atoms with Crippen molar-refractivity contribution in [1.29, 1.82) is 0 Å². The van der Waals surface area contributed by atoms with Gasteiger partial charge in [-0.1, -0.05) is 6.07 Å². The van der Waals surface area contributed by atoms with Crippen LogP contribution in [-0.4, -0.2) is 26.7 Å². The maximum atomic E-state index is 13.9. The van der Waals surface area contributed by atoms with Gasteiger partial charge in [0.2, 0.25) is 0 Å². The molecule has 1 aliphatic rings. The summed E-state index contributed by atoms with van der Waals surface area (Å²) in [5.41, 5.74) is 2.84. The third-order valence-electron chi connectivity index (χ3n) is 4.11. The highest BCUT2D eigenvalue weighted by Gasteiger charge is 2.31. The average Bonchev–Trinajstić information content (AvgIpc) is 3.10. The molecule has 2 aromatic heterocycles. The molecule has 0 aliphatic carbocycles. The fraction of sp³-hybridized carbons (Fsp3) is 0.176. The fourth-order valence-corrected chi connectivity index (χ4v) is 3.67. The topological polar surface area (TPSA) is 37.6 Å². The maximum Gasteiger partial charge on any atom is 0.255 e. The van der Waals surface area contributed by atoms with E-state index in [0.29, 0.717) is 30.6 Å². The highest BCUT2D eigenvalue weighted by atomic mass is 127. The van der Waals surface area contributed by atoms with Crippen molar-refractivity contribution in [2.24, 2.45) is 0 Å². The first kappa shape index (κ1) is 14.6. The molecule has 0 atom stereocenters. The zero-order chi connectivity index (χ0) is 16.0. The molecule has 23 heavy (non-hydrogen) atoms. The monoisotopic (exact) mass is 421 g/mol. The van der Waals surface area contributed by atoms with Gasteiger partial charge in [0, 0.05) is 41.0 Å². The SMILES string of the molecule is O=C1c2c(I)ccc(F)c2CN1CCc1cn2ccccc2n1. The van der Waals surface area contributed by atoms with Gasteiger partial charge in [0.25, 0.3) is 5.91 Å². The van der Waals surface area contributed by atoms with Crippen molar-refractivity contribution >= 4 is 34.1 Å². The minimum Gasteiger partial charge on any atom is -0.334 e. The van der Waals surface area contributed by atoms with Crippen molar-refractivity contribution in [2.45, 2.75) is 13.0 Å². The molecule has 3 heterocycles. The Morgan fingerprint density at radius 3 is 2.91 bits per heavy atom. The van der Waals surface area contributed by atoms with E-state index >= 15 is 0 Å². The minimum absolute atomic E-state index is 0.0901. The predicted molar refractivity (Wildman–Crippen MR) is 92.8 cm³/mol. The summed E-state index contributed by atoms with van der Waals surface area (Å²) in [5.74, 6) is -0.392. The van der Waals surface area contributed by atoms with E-state index in [1.165, 1.54) is 6.07 Å². The zero-order valence-electron chi connectivity index (χ0n) is 12.2. The van der Waals surface area contributed by atoms with Gasteiger partial charge in [-0.05, 0) is 46.9 Å². The molecule has 1 amide bonds. The summed E-state index contributed by atoms with van der Waals surface area (Å²) in [5, 5.41) is 0. The molecule has 0 unspecified atom stereocenters. The molecule has 0 saturated heterocycles. The van der Waals surface area contributed by atoms with E-state index < -0.39 is 0 Å². The smallest absolute Gasteiger partial charge is 0.255 e. The maximum absolute atomic E-state index is 13.9. The lowest BCUT2D eigenvalue weighted by molar-refractivity contribution is 0.0779. The Labute approximate surface area is 146 Å². The molecular formula is C17H13FIN3O. The molecule has 0 N–H and O–H groups in total. The molecule has 0 radical (unpaired) electrons. The van der Waals surface area contributed by atoms with Crippen LogP contribution < -0.4 is 0 Å². The van der Waals surface area contributed by atoms with Crippen LogP contribution in [0.15, 0.2) is 42.7 Å². The van der Waals surface area contributed by atoms with Gasteiger partial charge in [-0.15, -0.1) is 0 Å². The summed E-state index contributed by atoms with van der Waals surface area (Å²) in [6.45, 7) is 0.872. The summed E-state index contributed by atoms with van der Waals surface area (Å²) < 4.78 is 16.7. The number of benzene rings is 1. The van der Waals surface area contributed by atoms with E-state index in [4.69, 9.17) is 0 Å². The second kappa shape index (κ2) is 5.59. The van der Waals surface area contributed by atoms with Crippen LogP contribution in [0.2, 0.25) is 0 Å². The molecule has 0 spiro atoms. The van der Waals surface area contributed by atoms with E-state index in [1.54, 1.807) is 11.0 Å². The summed E-state index contributed by atoms with van der Waals surface area (Å²) >= 11 is 2.09. The molecule has 1 aliphatic heterocycles. The van der Waals surface area contributed by atoms with Crippen molar-refractivity contribution in [3.05, 3.63) is 68.9 Å². The van der Waals surface area contributed by atoms with Crippen LogP contribution in [-0.2, 0) is 13.0 Å². The van der Waals surface area contributed by atoms with Gasteiger partial charge in [0.1, 0.15) is 11.5 Å². The standard InChI is InChI=1S/C17H13FIN3O/c18-13-4-5-14(19)16-12(13)10-22(17(16)23)8-6-11-9-21-7-2-1-3-15(21)20-11/h1-5,7,9H,6,8,10H2. The van der Waals surface area contributed by atoms with Crippen LogP contribution in [0.25, 0.3) is 5.65 Å². The van der Waals surface area contributed by atoms with Crippen LogP contribution in [0, 0.1) is 9.39 Å². The Bertz CT molecular complexity index is 888. The lowest BCUT2D eigenvalue weighted by Gasteiger charge is -2.14. The predicted octanol–water partition coefficient (Wildman–Crippen LogP) is 3.28. The average molecular weight is 421 g/mol. The van der Waals surface area contributed by atoms with Gasteiger partial charge < -0.3 is 9.30 Å². The number of nitrogens with zero attached hydrogens (tertiary/aromatic N) is 3. The fourth-order valence-electron chi connectivity index (χ4n) is 2.94. The number of fused-ring (bicyclic) bond motifs is 2. The molecule has 3 aromatic rings. The summed E-state index contributed by atoms with van der Waals surface area (Å²) in [7, 11) is 0. The number of imidazole rings is 1. The molecule has 0 saturated carbocycles. The van der Waals surface area contributed by atoms with Crippen molar-refractivity contribution in [2.75, 3.05) is 6.54 Å². The van der Waals surface area contributed by atoms with E-state index in [9.17, 15) is 9.18 Å². The molecule has 0 fully saturated rings. The number of aromatic nitrogens is 2. The summed E-state index contributed by atoms with van der Waals surface area (Å²) in [4.78, 5) is 18.7. The lowest BCUT2D eigenvalue weighted by atomic mass is 10.1. The number of amides is 1. The Morgan fingerprint density at radius 2 is 2.13 bits per heavy atom.